The first-order valence-corrected chi connectivity index (χ1v) is 4.58. The van der Waals surface area contributed by atoms with Gasteiger partial charge in [-0.1, -0.05) is 12.1 Å². The van der Waals surface area contributed by atoms with Gasteiger partial charge in [0.05, 0.1) is 0 Å². The van der Waals surface area contributed by atoms with Gasteiger partial charge in [-0.25, -0.2) is 9.37 Å². The van der Waals surface area contributed by atoms with Crippen LogP contribution in [0.1, 0.15) is 10.5 Å². The molecule has 0 unspecified atom stereocenters. The first-order valence-electron chi connectivity index (χ1n) is 4.58. The van der Waals surface area contributed by atoms with Crippen LogP contribution < -0.4 is 0 Å². The lowest BCUT2D eigenvalue weighted by Crippen LogP contribution is -1.95. The first kappa shape index (κ1) is 10.4. The monoisotopic (exact) mass is 219 g/mol. The minimum Gasteiger partial charge on any atom is -0.296 e. The van der Waals surface area contributed by atoms with Gasteiger partial charge >= 0.3 is 0 Å². The van der Waals surface area contributed by atoms with E-state index in [1.54, 1.807) is 0 Å². The summed E-state index contributed by atoms with van der Waals surface area (Å²) in [5.74, 6) is -1.08. The molecule has 0 radical (unpaired) electrons. The lowest BCUT2D eigenvalue weighted by molar-refractivity contribution is 0.111. The normalized spacial score (nSPS) is 10.1. The van der Waals surface area contributed by atoms with Crippen molar-refractivity contribution in [1.29, 1.82) is 0 Å². The first-order chi connectivity index (χ1) is 7.70. The summed E-state index contributed by atoms with van der Waals surface area (Å²) in [4.78, 5) is 14.2. The molecule has 80 valence electrons. The van der Waals surface area contributed by atoms with Crippen molar-refractivity contribution in [2.75, 3.05) is 0 Å². The zero-order chi connectivity index (χ0) is 11.5. The third-order valence-corrected chi connectivity index (χ3v) is 2.16. The number of hydrogen-bond acceptors (Lipinski definition) is 2. The molecule has 1 heterocycles. The Kier molecular flexibility index (Phi) is 2.72. The highest BCUT2D eigenvalue weighted by molar-refractivity contribution is 5.84. The smallest absolute Gasteiger partial charge is 0.213 e. The fraction of sp³-hybridized carbons (Fsp3) is 0. The van der Waals surface area contributed by atoms with E-state index in [9.17, 15) is 13.6 Å². The number of hydrogen-bond donors (Lipinski definition) is 0. The molecule has 0 N–H and O–H groups in total. The number of rotatable bonds is 2. The van der Waals surface area contributed by atoms with Crippen molar-refractivity contribution in [3.63, 3.8) is 0 Å². The molecule has 0 fully saturated rings. The molecule has 4 heteroatoms. The van der Waals surface area contributed by atoms with E-state index in [4.69, 9.17) is 0 Å². The number of aldehydes is 1. The van der Waals surface area contributed by atoms with Gasteiger partial charge in [0.25, 0.3) is 0 Å². The van der Waals surface area contributed by atoms with E-state index in [1.165, 1.54) is 30.3 Å². The zero-order valence-corrected chi connectivity index (χ0v) is 8.15. The largest absolute Gasteiger partial charge is 0.296 e. The fourth-order valence-electron chi connectivity index (χ4n) is 1.41. The van der Waals surface area contributed by atoms with Crippen LogP contribution in [0.15, 0.2) is 36.4 Å². The summed E-state index contributed by atoms with van der Waals surface area (Å²) in [6.45, 7) is 0. The second-order valence-corrected chi connectivity index (χ2v) is 3.19. The van der Waals surface area contributed by atoms with E-state index in [0.717, 1.165) is 6.07 Å². The molecule has 1 aromatic heterocycles. The molecule has 0 aliphatic heterocycles. The number of carbonyl (C=O) groups is 1. The van der Waals surface area contributed by atoms with Crippen LogP contribution in [-0.4, -0.2) is 11.3 Å². The van der Waals surface area contributed by atoms with Gasteiger partial charge in [0.15, 0.2) is 6.29 Å². The molecule has 16 heavy (non-hydrogen) atoms. The second kappa shape index (κ2) is 4.18. The molecule has 0 atom stereocenters. The van der Waals surface area contributed by atoms with Gasteiger partial charge in [-0.3, -0.25) is 4.79 Å². The van der Waals surface area contributed by atoms with E-state index in [-0.39, 0.29) is 11.5 Å². The Hall–Kier alpha value is -2.10. The fourth-order valence-corrected chi connectivity index (χ4v) is 1.41. The molecule has 0 spiro atoms. The summed E-state index contributed by atoms with van der Waals surface area (Å²) in [7, 11) is 0. The standard InChI is InChI=1S/C12H7F2NO/c13-9-3-1-8(2-4-9)10-5-6-12(14)15-11(10)7-16/h1-7H. The highest BCUT2D eigenvalue weighted by atomic mass is 19.1. The van der Waals surface area contributed by atoms with Gasteiger partial charge in [-0.05, 0) is 29.8 Å². The van der Waals surface area contributed by atoms with Crippen LogP contribution in [0.5, 0.6) is 0 Å². The number of halogens is 2. The predicted molar refractivity (Wildman–Crippen MR) is 55.0 cm³/mol. The van der Waals surface area contributed by atoms with Gasteiger partial charge in [0.1, 0.15) is 11.5 Å². The van der Waals surface area contributed by atoms with Gasteiger partial charge in [0.2, 0.25) is 5.95 Å². The Bertz CT molecular complexity index is 523. The van der Waals surface area contributed by atoms with Crippen molar-refractivity contribution < 1.29 is 13.6 Å². The third kappa shape index (κ3) is 1.95. The third-order valence-electron chi connectivity index (χ3n) is 2.16. The van der Waals surface area contributed by atoms with E-state index in [2.05, 4.69) is 4.98 Å². The molecule has 0 saturated carbocycles. The van der Waals surface area contributed by atoms with Crippen molar-refractivity contribution in [3.05, 3.63) is 53.9 Å². The number of pyridine rings is 1. The van der Waals surface area contributed by atoms with Crippen LogP contribution in [0.4, 0.5) is 8.78 Å². The van der Waals surface area contributed by atoms with Crippen LogP contribution in [0.2, 0.25) is 0 Å². The number of aromatic nitrogens is 1. The molecule has 0 amide bonds. The number of benzene rings is 1. The Morgan fingerprint density at radius 3 is 2.31 bits per heavy atom. The second-order valence-electron chi connectivity index (χ2n) is 3.19. The summed E-state index contributed by atoms with van der Waals surface area (Å²) in [5, 5.41) is 0. The van der Waals surface area contributed by atoms with Crippen molar-refractivity contribution in [1.82, 2.24) is 4.98 Å². The number of nitrogens with zero attached hydrogens (tertiary/aromatic N) is 1. The topological polar surface area (TPSA) is 30.0 Å². The van der Waals surface area contributed by atoms with Gasteiger partial charge in [-0.2, -0.15) is 4.39 Å². The van der Waals surface area contributed by atoms with Crippen molar-refractivity contribution >= 4 is 6.29 Å². The lowest BCUT2D eigenvalue weighted by atomic mass is 10.0. The molecule has 2 rings (SSSR count). The summed E-state index contributed by atoms with van der Waals surface area (Å²) in [5.41, 5.74) is 1.11. The molecular weight excluding hydrogens is 212 g/mol. The zero-order valence-electron chi connectivity index (χ0n) is 8.15. The van der Waals surface area contributed by atoms with Crippen molar-refractivity contribution in [2.24, 2.45) is 0 Å². The predicted octanol–water partition coefficient (Wildman–Crippen LogP) is 2.84. The maximum absolute atomic E-state index is 12.8. The summed E-state index contributed by atoms with van der Waals surface area (Å²) in [6.07, 6.45) is 0.474. The van der Waals surface area contributed by atoms with Gasteiger partial charge < -0.3 is 0 Å². The van der Waals surface area contributed by atoms with E-state index in [1.807, 2.05) is 0 Å². The van der Waals surface area contributed by atoms with Crippen LogP contribution in [-0.2, 0) is 0 Å². The Labute approximate surface area is 90.6 Å². The van der Waals surface area contributed by atoms with Crippen molar-refractivity contribution in [3.8, 4) is 11.1 Å². The molecule has 2 nitrogen and oxygen atoms in total. The van der Waals surface area contributed by atoms with Crippen LogP contribution >= 0.6 is 0 Å². The molecule has 0 bridgehead atoms. The average molecular weight is 219 g/mol. The van der Waals surface area contributed by atoms with Gasteiger partial charge in [-0.15, -0.1) is 0 Å². The molecule has 2 aromatic rings. The minimum atomic E-state index is -0.715. The van der Waals surface area contributed by atoms with E-state index >= 15 is 0 Å². The summed E-state index contributed by atoms with van der Waals surface area (Å²) >= 11 is 0. The molecular formula is C12H7F2NO. The minimum absolute atomic E-state index is 0.00612. The Balaban J connectivity index is 2.55. The lowest BCUT2D eigenvalue weighted by Gasteiger charge is -2.03. The molecule has 1 aromatic carbocycles. The maximum Gasteiger partial charge on any atom is 0.213 e. The highest BCUT2D eigenvalue weighted by Crippen LogP contribution is 2.21. The SMILES string of the molecule is O=Cc1nc(F)ccc1-c1ccc(F)cc1. The van der Waals surface area contributed by atoms with Crippen molar-refractivity contribution in [2.45, 2.75) is 0 Å². The number of carbonyl (C=O) groups excluding carboxylic acids is 1. The molecule has 0 aliphatic carbocycles. The Morgan fingerprint density at radius 1 is 1.00 bits per heavy atom. The van der Waals surface area contributed by atoms with Crippen LogP contribution in [0.3, 0.4) is 0 Å². The molecule has 0 saturated heterocycles. The summed E-state index contributed by atoms with van der Waals surface area (Å²) in [6, 6.07) is 8.17. The van der Waals surface area contributed by atoms with Gasteiger partial charge in [0, 0.05) is 5.56 Å². The Morgan fingerprint density at radius 2 is 1.69 bits per heavy atom. The van der Waals surface area contributed by atoms with Crippen LogP contribution in [0.25, 0.3) is 11.1 Å². The average Bonchev–Trinajstić information content (AvgIpc) is 2.30. The molecule has 0 aliphatic rings. The maximum atomic E-state index is 12.8. The highest BCUT2D eigenvalue weighted by Gasteiger charge is 2.07. The summed E-state index contributed by atoms with van der Waals surface area (Å²) < 4.78 is 25.5. The van der Waals surface area contributed by atoms with E-state index < -0.39 is 5.95 Å². The van der Waals surface area contributed by atoms with Crippen LogP contribution in [0, 0.1) is 11.8 Å². The quantitative estimate of drug-likeness (QED) is 0.574. The van der Waals surface area contributed by atoms with E-state index in [0.29, 0.717) is 17.4 Å².